The lowest BCUT2D eigenvalue weighted by molar-refractivity contribution is -0.120. The van der Waals surface area contributed by atoms with Crippen LogP contribution in [0.25, 0.3) is 0 Å². The molecule has 0 unspecified atom stereocenters. The van der Waals surface area contributed by atoms with E-state index in [-0.39, 0.29) is 11.7 Å². The fraction of sp³-hybridized carbons (Fsp3) is 0.583. The van der Waals surface area contributed by atoms with Crippen LogP contribution in [0.1, 0.15) is 34.6 Å². The Kier molecular flexibility index (Phi) is 3.03. The van der Waals surface area contributed by atoms with Gasteiger partial charge in [-0.15, -0.1) is 11.3 Å². The molecule has 1 saturated heterocycles. The van der Waals surface area contributed by atoms with Crippen molar-refractivity contribution in [3.05, 3.63) is 10.6 Å². The maximum Gasteiger partial charge on any atom is 0.221 e. The highest BCUT2D eigenvalue weighted by Crippen LogP contribution is 2.31. The monoisotopic (exact) mass is 265 g/mol. The van der Waals surface area contributed by atoms with Crippen molar-refractivity contribution < 1.29 is 9.59 Å². The van der Waals surface area contributed by atoms with Gasteiger partial charge in [0.1, 0.15) is 5.69 Å². The van der Waals surface area contributed by atoms with Crippen LogP contribution in [-0.4, -0.2) is 36.3 Å². The minimum Gasteiger partial charge on any atom is -0.354 e. The molecule has 1 aromatic heterocycles. The van der Waals surface area contributed by atoms with Crippen LogP contribution in [0.2, 0.25) is 0 Å². The zero-order valence-corrected chi connectivity index (χ0v) is 10.9. The highest BCUT2D eigenvalue weighted by Gasteiger charge is 2.25. The van der Waals surface area contributed by atoms with Crippen LogP contribution in [-0.2, 0) is 11.2 Å². The average molecular weight is 265 g/mol. The molecule has 1 aliphatic heterocycles. The summed E-state index contributed by atoms with van der Waals surface area (Å²) >= 11 is 1.61. The molecular weight excluding hydrogens is 250 g/mol. The Labute approximate surface area is 109 Å². The Morgan fingerprint density at radius 2 is 2.06 bits per heavy atom. The van der Waals surface area contributed by atoms with E-state index in [1.165, 1.54) is 0 Å². The number of aryl methyl sites for hydroxylation is 1. The summed E-state index contributed by atoms with van der Waals surface area (Å²) < 4.78 is 0. The first-order valence-electron chi connectivity index (χ1n) is 6.28. The maximum absolute atomic E-state index is 11.8. The summed E-state index contributed by atoms with van der Waals surface area (Å²) in [6.07, 6.45) is 3.02. The van der Waals surface area contributed by atoms with Gasteiger partial charge in [-0.3, -0.25) is 9.59 Å². The molecule has 2 heterocycles. The van der Waals surface area contributed by atoms with Crippen LogP contribution < -0.4 is 10.2 Å². The van der Waals surface area contributed by atoms with Gasteiger partial charge in [-0.05, 0) is 12.8 Å². The van der Waals surface area contributed by atoms with Crippen molar-refractivity contribution in [1.29, 1.82) is 0 Å². The van der Waals surface area contributed by atoms with Gasteiger partial charge in [-0.25, -0.2) is 4.98 Å². The molecule has 1 N–H and O–H groups in total. The number of rotatable bonds is 1. The van der Waals surface area contributed by atoms with E-state index in [1.54, 1.807) is 11.3 Å². The molecule has 18 heavy (non-hydrogen) atoms. The second-order valence-electron chi connectivity index (χ2n) is 4.63. The number of nitrogens with zero attached hydrogens (tertiary/aromatic N) is 2. The number of aromatic nitrogens is 1. The number of amides is 1. The van der Waals surface area contributed by atoms with Crippen molar-refractivity contribution in [1.82, 2.24) is 10.3 Å². The van der Waals surface area contributed by atoms with Gasteiger partial charge in [0.2, 0.25) is 5.91 Å². The number of nitrogens with one attached hydrogen (secondary N) is 1. The molecule has 3 rings (SSSR count). The van der Waals surface area contributed by atoms with Crippen molar-refractivity contribution in [2.24, 2.45) is 0 Å². The fourth-order valence-electron chi connectivity index (χ4n) is 2.35. The molecule has 0 aromatic carbocycles. The molecule has 1 amide bonds. The van der Waals surface area contributed by atoms with E-state index >= 15 is 0 Å². The van der Waals surface area contributed by atoms with E-state index in [0.29, 0.717) is 31.6 Å². The van der Waals surface area contributed by atoms with Crippen LogP contribution >= 0.6 is 11.3 Å². The van der Waals surface area contributed by atoms with E-state index in [2.05, 4.69) is 15.2 Å². The van der Waals surface area contributed by atoms with E-state index in [9.17, 15) is 9.59 Å². The molecule has 1 aromatic rings. The Hall–Kier alpha value is -1.43. The summed E-state index contributed by atoms with van der Waals surface area (Å²) in [6.45, 7) is 2.11. The molecule has 0 atom stereocenters. The van der Waals surface area contributed by atoms with Crippen molar-refractivity contribution in [3.63, 3.8) is 0 Å². The van der Waals surface area contributed by atoms with E-state index in [4.69, 9.17) is 0 Å². The standard InChI is InChI=1S/C12H15N3O2S/c16-8-2-1-3-9-11(8)14-12(18-9)15-6-4-10(17)13-5-7-15/h1-7H2,(H,13,17). The van der Waals surface area contributed by atoms with Crippen LogP contribution in [0.15, 0.2) is 0 Å². The third kappa shape index (κ3) is 2.12. The van der Waals surface area contributed by atoms with Gasteiger partial charge in [0.25, 0.3) is 0 Å². The van der Waals surface area contributed by atoms with Gasteiger partial charge in [0.05, 0.1) is 0 Å². The number of hydrogen-bond acceptors (Lipinski definition) is 5. The van der Waals surface area contributed by atoms with Crippen molar-refractivity contribution >= 4 is 28.2 Å². The summed E-state index contributed by atoms with van der Waals surface area (Å²) in [5.74, 6) is 0.262. The lowest BCUT2D eigenvalue weighted by Crippen LogP contribution is -2.28. The minimum absolute atomic E-state index is 0.0925. The predicted molar refractivity (Wildman–Crippen MR) is 69.2 cm³/mol. The number of Topliss-reactive ketones (excluding diaryl/α,β-unsaturated/α-hetero) is 1. The number of fused-ring (bicyclic) bond motifs is 1. The minimum atomic E-state index is 0.0925. The Morgan fingerprint density at radius 1 is 1.17 bits per heavy atom. The Morgan fingerprint density at radius 3 is 2.89 bits per heavy atom. The smallest absolute Gasteiger partial charge is 0.221 e. The molecule has 96 valence electrons. The first kappa shape index (κ1) is 11.6. The summed E-state index contributed by atoms with van der Waals surface area (Å²) in [5.41, 5.74) is 0.671. The highest BCUT2D eigenvalue weighted by molar-refractivity contribution is 7.16. The molecule has 0 spiro atoms. The van der Waals surface area contributed by atoms with Crippen LogP contribution in [0, 0.1) is 0 Å². The van der Waals surface area contributed by atoms with Crippen molar-refractivity contribution in [2.45, 2.75) is 25.7 Å². The average Bonchev–Trinajstić information content (AvgIpc) is 2.67. The van der Waals surface area contributed by atoms with Crippen molar-refractivity contribution in [2.75, 3.05) is 24.5 Å². The quantitative estimate of drug-likeness (QED) is 0.822. The zero-order valence-electron chi connectivity index (χ0n) is 10.1. The van der Waals surface area contributed by atoms with Gasteiger partial charge in [0.15, 0.2) is 10.9 Å². The predicted octanol–water partition coefficient (Wildman–Crippen LogP) is 0.988. The maximum atomic E-state index is 11.8. The lowest BCUT2D eigenvalue weighted by Gasteiger charge is -2.17. The molecule has 0 saturated carbocycles. The fourth-order valence-corrected chi connectivity index (χ4v) is 3.52. The molecule has 0 bridgehead atoms. The van der Waals surface area contributed by atoms with Crippen LogP contribution in [0.3, 0.4) is 0 Å². The number of carbonyl (C=O) groups is 2. The topological polar surface area (TPSA) is 62.3 Å². The van der Waals surface area contributed by atoms with Crippen LogP contribution in [0.4, 0.5) is 5.13 Å². The SMILES string of the molecule is O=C1CCN(c2nc3c(s2)CCCC3=O)CCN1. The third-order valence-corrected chi connectivity index (χ3v) is 4.52. The summed E-state index contributed by atoms with van der Waals surface area (Å²) in [5, 5.41) is 3.74. The molecular formula is C12H15N3O2S. The number of thiazole rings is 1. The van der Waals surface area contributed by atoms with Gasteiger partial charge in [-0.2, -0.15) is 0 Å². The normalized spacial score (nSPS) is 20.3. The Balaban J connectivity index is 1.84. The Bertz CT molecular complexity index is 498. The largest absolute Gasteiger partial charge is 0.354 e. The first-order valence-corrected chi connectivity index (χ1v) is 7.10. The number of anilines is 1. The second kappa shape index (κ2) is 4.68. The molecule has 1 fully saturated rings. The summed E-state index contributed by atoms with van der Waals surface area (Å²) in [7, 11) is 0. The molecule has 6 heteroatoms. The number of hydrogen-bond donors (Lipinski definition) is 1. The van der Waals surface area contributed by atoms with Gasteiger partial charge >= 0.3 is 0 Å². The van der Waals surface area contributed by atoms with Crippen LogP contribution in [0.5, 0.6) is 0 Å². The van der Waals surface area contributed by atoms with Gasteiger partial charge in [0, 0.05) is 37.4 Å². The summed E-state index contributed by atoms with van der Waals surface area (Å²) in [4.78, 5) is 30.8. The zero-order chi connectivity index (χ0) is 12.5. The second-order valence-corrected chi connectivity index (χ2v) is 5.69. The molecule has 2 aliphatic rings. The van der Waals surface area contributed by atoms with E-state index < -0.39 is 0 Å². The lowest BCUT2D eigenvalue weighted by atomic mass is 10.0. The highest BCUT2D eigenvalue weighted by atomic mass is 32.1. The number of carbonyl (C=O) groups excluding carboxylic acids is 2. The van der Waals surface area contributed by atoms with Crippen molar-refractivity contribution in [3.8, 4) is 0 Å². The van der Waals surface area contributed by atoms with E-state index in [1.807, 2.05) is 0 Å². The molecule has 1 aliphatic carbocycles. The van der Waals surface area contributed by atoms with Gasteiger partial charge in [-0.1, -0.05) is 0 Å². The van der Waals surface area contributed by atoms with Gasteiger partial charge < -0.3 is 10.2 Å². The first-order chi connectivity index (χ1) is 8.74. The molecule has 5 nitrogen and oxygen atoms in total. The molecule has 0 radical (unpaired) electrons. The van der Waals surface area contributed by atoms with E-state index in [0.717, 1.165) is 29.4 Å². The number of ketones is 1. The third-order valence-electron chi connectivity index (χ3n) is 3.34. The summed E-state index contributed by atoms with van der Waals surface area (Å²) in [6, 6.07) is 0.